The number of halogens is 1. The van der Waals surface area contributed by atoms with Crippen molar-refractivity contribution in [1.29, 1.82) is 0 Å². The van der Waals surface area contributed by atoms with Gasteiger partial charge < -0.3 is 10.2 Å². The Balaban J connectivity index is 2.97. The first-order valence-electron chi connectivity index (χ1n) is 7.59. The third kappa shape index (κ3) is 4.31. The van der Waals surface area contributed by atoms with Crippen molar-refractivity contribution in [2.45, 2.75) is 51.6 Å². The second kappa shape index (κ2) is 8.16. The number of benzene rings is 1. The molecule has 1 aromatic rings. The van der Waals surface area contributed by atoms with Crippen molar-refractivity contribution in [2.75, 3.05) is 20.6 Å². The summed E-state index contributed by atoms with van der Waals surface area (Å²) in [6.45, 7) is 7.93. The summed E-state index contributed by atoms with van der Waals surface area (Å²) in [6.07, 6.45) is 3.34. The fourth-order valence-electron chi connectivity index (χ4n) is 2.59. The summed E-state index contributed by atoms with van der Waals surface area (Å²) in [7, 11) is 4.37. The summed E-state index contributed by atoms with van der Waals surface area (Å²) >= 11 is 3.68. The lowest BCUT2D eigenvalue weighted by Crippen LogP contribution is -2.58. The van der Waals surface area contributed by atoms with E-state index in [-0.39, 0.29) is 5.54 Å². The van der Waals surface area contributed by atoms with Crippen LogP contribution in [0.5, 0.6) is 0 Å². The zero-order valence-electron chi connectivity index (χ0n) is 13.5. The summed E-state index contributed by atoms with van der Waals surface area (Å²) in [5, 5.41) is 3.76. The lowest BCUT2D eigenvalue weighted by Gasteiger charge is -2.43. The minimum Gasteiger partial charge on any atom is -0.312 e. The molecular weight excluding hydrogens is 312 g/mol. The Labute approximate surface area is 133 Å². The Kier molecular flexibility index (Phi) is 7.21. The minimum atomic E-state index is 0.157. The molecule has 1 N–H and O–H groups in total. The highest BCUT2D eigenvalue weighted by molar-refractivity contribution is 9.10. The molecule has 0 aliphatic carbocycles. The maximum Gasteiger partial charge on any atom is 0.0328 e. The van der Waals surface area contributed by atoms with Gasteiger partial charge in [0.25, 0.3) is 0 Å². The van der Waals surface area contributed by atoms with Crippen LogP contribution in [0.3, 0.4) is 0 Å². The van der Waals surface area contributed by atoms with Crippen LogP contribution in [0, 0.1) is 0 Å². The Morgan fingerprint density at radius 3 is 2.40 bits per heavy atom. The van der Waals surface area contributed by atoms with Gasteiger partial charge in [-0.25, -0.2) is 0 Å². The maximum atomic E-state index is 3.76. The second-order valence-electron chi connectivity index (χ2n) is 5.91. The standard InChI is InChI=1S/C17H29BrN2/c1-6-12-19-16(17(3,7-2)20(4)5)13-14-10-8-9-11-15(14)18/h8-11,16,19H,6-7,12-13H2,1-5H3. The summed E-state index contributed by atoms with van der Waals surface area (Å²) in [5.41, 5.74) is 1.53. The number of nitrogens with zero attached hydrogens (tertiary/aromatic N) is 1. The Morgan fingerprint density at radius 1 is 1.25 bits per heavy atom. The molecule has 1 rings (SSSR count). The van der Waals surface area contributed by atoms with Crippen molar-refractivity contribution in [2.24, 2.45) is 0 Å². The van der Waals surface area contributed by atoms with Crippen molar-refractivity contribution in [3.8, 4) is 0 Å². The fraction of sp³-hybridized carbons (Fsp3) is 0.647. The molecule has 2 atom stereocenters. The van der Waals surface area contributed by atoms with E-state index in [0.29, 0.717) is 6.04 Å². The molecule has 0 bridgehead atoms. The van der Waals surface area contributed by atoms with Crippen LogP contribution in [0.1, 0.15) is 39.2 Å². The van der Waals surface area contributed by atoms with Crippen LogP contribution >= 0.6 is 15.9 Å². The lowest BCUT2D eigenvalue weighted by molar-refractivity contribution is 0.112. The molecule has 0 fully saturated rings. The highest BCUT2D eigenvalue weighted by Gasteiger charge is 2.34. The molecule has 0 heterocycles. The molecule has 0 amide bonds. The summed E-state index contributed by atoms with van der Waals surface area (Å²) in [6, 6.07) is 8.99. The number of likely N-dealkylation sites (N-methyl/N-ethyl adjacent to an activating group) is 1. The predicted molar refractivity (Wildman–Crippen MR) is 92.3 cm³/mol. The largest absolute Gasteiger partial charge is 0.312 e. The van der Waals surface area contributed by atoms with Gasteiger partial charge in [-0.05, 0) is 58.5 Å². The molecule has 0 radical (unpaired) electrons. The second-order valence-corrected chi connectivity index (χ2v) is 6.76. The topological polar surface area (TPSA) is 15.3 Å². The quantitative estimate of drug-likeness (QED) is 0.766. The Bertz CT molecular complexity index is 406. The van der Waals surface area contributed by atoms with Gasteiger partial charge in [-0.1, -0.05) is 48.0 Å². The first-order valence-corrected chi connectivity index (χ1v) is 8.39. The van der Waals surface area contributed by atoms with Gasteiger partial charge in [-0.15, -0.1) is 0 Å². The molecule has 2 nitrogen and oxygen atoms in total. The van der Waals surface area contributed by atoms with Crippen LogP contribution in [0.15, 0.2) is 28.7 Å². The highest BCUT2D eigenvalue weighted by atomic mass is 79.9. The van der Waals surface area contributed by atoms with Crippen LogP contribution in [0.25, 0.3) is 0 Å². The van der Waals surface area contributed by atoms with E-state index < -0.39 is 0 Å². The van der Waals surface area contributed by atoms with Crippen LogP contribution in [0.2, 0.25) is 0 Å². The van der Waals surface area contributed by atoms with Gasteiger partial charge in [0.1, 0.15) is 0 Å². The zero-order chi connectivity index (χ0) is 15.2. The third-order valence-electron chi connectivity index (χ3n) is 4.51. The van der Waals surface area contributed by atoms with Crippen LogP contribution in [-0.4, -0.2) is 37.1 Å². The SMILES string of the molecule is CCCNC(Cc1ccccc1Br)C(C)(CC)N(C)C. The van der Waals surface area contributed by atoms with Crippen LogP contribution < -0.4 is 5.32 Å². The van der Waals surface area contributed by atoms with Crippen molar-refractivity contribution in [1.82, 2.24) is 10.2 Å². The van der Waals surface area contributed by atoms with Gasteiger partial charge >= 0.3 is 0 Å². The van der Waals surface area contributed by atoms with Gasteiger partial charge in [-0.3, -0.25) is 0 Å². The molecular formula is C17H29BrN2. The van der Waals surface area contributed by atoms with Crippen LogP contribution in [-0.2, 0) is 6.42 Å². The molecule has 0 aliphatic heterocycles. The Hall–Kier alpha value is -0.380. The lowest BCUT2D eigenvalue weighted by atomic mass is 9.84. The van der Waals surface area contributed by atoms with E-state index in [4.69, 9.17) is 0 Å². The minimum absolute atomic E-state index is 0.157. The van der Waals surface area contributed by atoms with Gasteiger partial charge in [0.15, 0.2) is 0 Å². The molecule has 2 unspecified atom stereocenters. The molecule has 1 aromatic carbocycles. The third-order valence-corrected chi connectivity index (χ3v) is 5.28. The van der Waals surface area contributed by atoms with E-state index in [1.807, 2.05) is 0 Å². The number of nitrogens with one attached hydrogen (secondary N) is 1. The van der Waals surface area contributed by atoms with E-state index >= 15 is 0 Å². The van der Waals surface area contributed by atoms with E-state index in [9.17, 15) is 0 Å². The van der Waals surface area contributed by atoms with Gasteiger partial charge in [0.05, 0.1) is 0 Å². The summed E-state index contributed by atoms with van der Waals surface area (Å²) in [4.78, 5) is 2.36. The normalized spacial score (nSPS) is 16.1. The van der Waals surface area contributed by atoms with Crippen molar-refractivity contribution < 1.29 is 0 Å². The summed E-state index contributed by atoms with van der Waals surface area (Å²) < 4.78 is 1.21. The van der Waals surface area contributed by atoms with E-state index in [1.54, 1.807) is 0 Å². The average molecular weight is 341 g/mol. The Morgan fingerprint density at radius 2 is 1.90 bits per heavy atom. The molecule has 0 saturated heterocycles. The molecule has 3 heteroatoms. The molecule has 114 valence electrons. The van der Waals surface area contributed by atoms with Gasteiger partial charge in [-0.2, -0.15) is 0 Å². The predicted octanol–water partition coefficient (Wildman–Crippen LogP) is 4.09. The monoisotopic (exact) mass is 340 g/mol. The molecule has 20 heavy (non-hydrogen) atoms. The highest BCUT2D eigenvalue weighted by Crippen LogP contribution is 2.26. The fourth-order valence-corrected chi connectivity index (χ4v) is 3.04. The van der Waals surface area contributed by atoms with E-state index in [1.165, 1.54) is 16.5 Å². The molecule has 0 aromatic heterocycles. The number of rotatable bonds is 8. The first kappa shape index (κ1) is 17.7. The zero-order valence-corrected chi connectivity index (χ0v) is 15.1. The van der Waals surface area contributed by atoms with Crippen molar-refractivity contribution in [3.63, 3.8) is 0 Å². The van der Waals surface area contributed by atoms with Crippen molar-refractivity contribution >= 4 is 15.9 Å². The van der Waals surface area contributed by atoms with Crippen LogP contribution in [0.4, 0.5) is 0 Å². The molecule has 0 aliphatic rings. The smallest absolute Gasteiger partial charge is 0.0328 e. The number of hydrogen-bond acceptors (Lipinski definition) is 2. The first-order chi connectivity index (χ1) is 9.45. The molecule has 0 saturated carbocycles. The average Bonchev–Trinajstić information content (AvgIpc) is 2.44. The molecule has 0 spiro atoms. The summed E-state index contributed by atoms with van der Waals surface area (Å²) in [5.74, 6) is 0. The van der Waals surface area contributed by atoms with Gasteiger partial charge in [0, 0.05) is 16.1 Å². The van der Waals surface area contributed by atoms with E-state index in [2.05, 4.69) is 85.3 Å². The van der Waals surface area contributed by atoms with Gasteiger partial charge in [0.2, 0.25) is 0 Å². The van der Waals surface area contributed by atoms with Crippen molar-refractivity contribution in [3.05, 3.63) is 34.3 Å². The van der Waals surface area contributed by atoms with E-state index in [0.717, 1.165) is 19.4 Å². The number of hydrogen-bond donors (Lipinski definition) is 1. The maximum absolute atomic E-state index is 3.76.